The summed E-state index contributed by atoms with van der Waals surface area (Å²) in [6.07, 6.45) is 1.70. The second-order valence-electron chi connectivity index (χ2n) is 4.09. The first-order valence-electron chi connectivity index (χ1n) is 5.86. The van der Waals surface area contributed by atoms with Gasteiger partial charge in [-0.2, -0.15) is 0 Å². The lowest BCUT2D eigenvalue weighted by Crippen LogP contribution is -2.39. The van der Waals surface area contributed by atoms with Crippen LogP contribution in [0, 0.1) is 5.92 Å². The van der Waals surface area contributed by atoms with Crippen LogP contribution in [0.4, 0.5) is 0 Å². The minimum Gasteiger partial charge on any atom is -0.392 e. The molecule has 96 valence electrons. The molecule has 0 aliphatic heterocycles. The number of amides is 1. The highest BCUT2D eigenvalue weighted by atomic mass is 16.3. The Bertz CT molecular complexity index is 198. The number of unbranched alkanes of at least 4 members (excludes halogenated alkanes) is 2. The second-order valence-corrected chi connectivity index (χ2v) is 4.09. The van der Waals surface area contributed by atoms with E-state index in [0.29, 0.717) is 6.42 Å². The zero-order valence-corrected chi connectivity index (χ0v) is 10.1. The van der Waals surface area contributed by atoms with E-state index in [1.165, 1.54) is 0 Å². The van der Waals surface area contributed by atoms with Crippen molar-refractivity contribution in [2.75, 3.05) is 7.05 Å². The molecule has 0 spiro atoms. The number of nitrogens with one attached hydrogen (secondary N) is 1. The average Bonchev–Trinajstić information content (AvgIpc) is 2.22. The van der Waals surface area contributed by atoms with Crippen LogP contribution in [0.15, 0.2) is 0 Å². The molecule has 16 heavy (non-hydrogen) atoms. The largest absolute Gasteiger partial charge is 0.392 e. The monoisotopic (exact) mass is 232 g/mol. The molecule has 5 heteroatoms. The second kappa shape index (κ2) is 8.50. The summed E-state index contributed by atoms with van der Waals surface area (Å²) in [7, 11) is 1.54. The Morgan fingerprint density at radius 3 is 2.44 bits per heavy atom. The number of aliphatic hydroxyl groups is 2. The molecule has 3 unspecified atom stereocenters. The first-order valence-corrected chi connectivity index (χ1v) is 5.86. The maximum Gasteiger partial charge on any atom is 0.225 e. The molecule has 0 saturated carbocycles. The molecule has 1 amide bonds. The van der Waals surface area contributed by atoms with Crippen LogP contribution in [0.5, 0.6) is 0 Å². The lowest BCUT2D eigenvalue weighted by molar-refractivity contribution is -0.129. The molecule has 5 nitrogen and oxygen atoms in total. The Balaban J connectivity index is 4.23. The van der Waals surface area contributed by atoms with E-state index in [4.69, 9.17) is 10.8 Å². The van der Waals surface area contributed by atoms with E-state index in [1.54, 1.807) is 7.05 Å². The van der Waals surface area contributed by atoms with Gasteiger partial charge in [0.1, 0.15) is 6.23 Å². The van der Waals surface area contributed by atoms with Gasteiger partial charge >= 0.3 is 0 Å². The third kappa shape index (κ3) is 6.05. The van der Waals surface area contributed by atoms with E-state index in [1.807, 2.05) is 0 Å². The number of hydrogen-bond acceptors (Lipinski definition) is 4. The fraction of sp³-hybridized carbons (Fsp3) is 0.909. The van der Waals surface area contributed by atoms with Crippen molar-refractivity contribution in [2.45, 2.75) is 51.4 Å². The van der Waals surface area contributed by atoms with Gasteiger partial charge in [0.15, 0.2) is 0 Å². The summed E-state index contributed by atoms with van der Waals surface area (Å²) in [5.41, 5.74) is 5.19. The zero-order chi connectivity index (χ0) is 12.6. The van der Waals surface area contributed by atoms with E-state index >= 15 is 0 Å². The number of carbonyl (C=O) groups is 1. The predicted molar refractivity (Wildman–Crippen MR) is 62.5 cm³/mol. The smallest absolute Gasteiger partial charge is 0.225 e. The summed E-state index contributed by atoms with van der Waals surface area (Å²) in [6, 6.07) is 0. The third-order valence-electron chi connectivity index (χ3n) is 2.65. The summed E-state index contributed by atoms with van der Waals surface area (Å²) >= 11 is 0. The standard InChI is InChI=1S/C11H24N2O3/c1-3-4-5-6-8(11(16)13-2)9(14)7-10(12)15/h8-10,14-15H,3-7,12H2,1-2H3,(H,13,16). The van der Waals surface area contributed by atoms with Gasteiger partial charge in [0, 0.05) is 13.5 Å². The predicted octanol–water partition coefficient (Wildman–Crippen LogP) is -0.0430. The van der Waals surface area contributed by atoms with E-state index < -0.39 is 18.2 Å². The van der Waals surface area contributed by atoms with Crippen LogP contribution in [0.1, 0.15) is 39.0 Å². The Morgan fingerprint density at radius 1 is 1.38 bits per heavy atom. The zero-order valence-electron chi connectivity index (χ0n) is 10.1. The molecule has 0 heterocycles. The summed E-state index contributed by atoms with van der Waals surface area (Å²) in [5, 5.41) is 21.3. The van der Waals surface area contributed by atoms with Crippen LogP contribution >= 0.6 is 0 Å². The number of hydrogen-bond donors (Lipinski definition) is 4. The summed E-state index contributed by atoms with van der Waals surface area (Å²) in [5.74, 6) is -0.668. The summed E-state index contributed by atoms with van der Waals surface area (Å²) in [4.78, 5) is 11.5. The van der Waals surface area contributed by atoms with Gasteiger partial charge in [-0.25, -0.2) is 0 Å². The van der Waals surface area contributed by atoms with Crippen molar-refractivity contribution < 1.29 is 15.0 Å². The Labute approximate surface area is 97.0 Å². The van der Waals surface area contributed by atoms with E-state index in [-0.39, 0.29) is 12.3 Å². The molecule has 0 rings (SSSR count). The summed E-state index contributed by atoms with van der Waals surface area (Å²) < 4.78 is 0. The normalized spacial score (nSPS) is 16.6. The van der Waals surface area contributed by atoms with Crippen molar-refractivity contribution in [1.29, 1.82) is 0 Å². The highest BCUT2D eigenvalue weighted by Crippen LogP contribution is 2.17. The molecule has 0 fully saturated rings. The molecule has 3 atom stereocenters. The quantitative estimate of drug-likeness (QED) is 0.349. The maximum atomic E-state index is 11.5. The fourth-order valence-electron chi connectivity index (χ4n) is 1.71. The van der Waals surface area contributed by atoms with Crippen LogP contribution in [-0.4, -0.2) is 35.5 Å². The molecule has 0 radical (unpaired) electrons. The van der Waals surface area contributed by atoms with Gasteiger partial charge < -0.3 is 21.3 Å². The van der Waals surface area contributed by atoms with Crippen LogP contribution in [0.25, 0.3) is 0 Å². The van der Waals surface area contributed by atoms with Crippen LogP contribution in [0.2, 0.25) is 0 Å². The SMILES string of the molecule is CCCCCC(C(=O)NC)C(O)CC(N)O. The fourth-order valence-corrected chi connectivity index (χ4v) is 1.71. The topological polar surface area (TPSA) is 95.6 Å². The first-order chi connectivity index (χ1) is 7.52. The molecule has 0 bridgehead atoms. The van der Waals surface area contributed by atoms with Crippen molar-refractivity contribution >= 4 is 5.91 Å². The van der Waals surface area contributed by atoms with Gasteiger partial charge in [0.2, 0.25) is 5.91 Å². The van der Waals surface area contributed by atoms with Crippen LogP contribution in [0.3, 0.4) is 0 Å². The van der Waals surface area contributed by atoms with E-state index in [0.717, 1.165) is 19.3 Å². The number of aliphatic hydroxyl groups excluding tert-OH is 2. The molecule has 0 aromatic rings. The third-order valence-corrected chi connectivity index (χ3v) is 2.65. The van der Waals surface area contributed by atoms with Crippen molar-refractivity contribution in [2.24, 2.45) is 11.7 Å². The van der Waals surface area contributed by atoms with Gasteiger partial charge in [0.05, 0.1) is 12.0 Å². The van der Waals surface area contributed by atoms with Gasteiger partial charge in [0.25, 0.3) is 0 Å². The van der Waals surface area contributed by atoms with Gasteiger partial charge in [-0.1, -0.05) is 26.2 Å². The minimum absolute atomic E-state index is 0.0320. The molecule has 5 N–H and O–H groups in total. The molecular formula is C11H24N2O3. The number of rotatable bonds is 8. The molecule has 0 saturated heterocycles. The van der Waals surface area contributed by atoms with Gasteiger partial charge in [-0.3, -0.25) is 4.79 Å². The van der Waals surface area contributed by atoms with Crippen molar-refractivity contribution in [3.05, 3.63) is 0 Å². The molecule has 0 aromatic carbocycles. The van der Waals surface area contributed by atoms with Crippen molar-refractivity contribution in [3.63, 3.8) is 0 Å². The summed E-state index contributed by atoms with van der Waals surface area (Å²) in [6.45, 7) is 2.08. The van der Waals surface area contributed by atoms with Crippen molar-refractivity contribution in [1.82, 2.24) is 5.32 Å². The van der Waals surface area contributed by atoms with E-state index in [9.17, 15) is 9.90 Å². The highest BCUT2D eigenvalue weighted by molar-refractivity contribution is 5.78. The van der Waals surface area contributed by atoms with Gasteiger partial charge in [-0.15, -0.1) is 0 Å². The lowest BCUT2D eigenvalue weighted by atomic mass is 9.92. The van der Waals surface area contributed by atoms with E-state index in [2.05, 4.69) is 12.2 Å². The number of carbonyl (C=O) groups excluding carboxylic acids is 1. The Hall–Kier alpha value is -0.650. The molecule has 0 aromatic heterocycles. The van der Waals surface area contributed by atoms with Gasteiger partial charge in [-0.05, 0) is 6.42 Å². The molecule has 0 aliphatic rings. The Kier molecular flexibility index (Phi) is 8.15. The van der Waals surface area contributed by atoms with Crippen LogP contribution in [-0.2, 0) is 4.79 Å². The Morgan fingerprint density at radius 2 is 2.00 bits per heavy atom. The number of nitrogens with two attached hydrogens (primary N) is 1. The molecular weight excluding hydrogens is 208 g/mol. The minimum atomic E-state index is -1.08. The first kappa shape index (κ1) is 15.3. The maximum absolute atomic E-state index is 11.5. The highest BCUT2D eigenvalue weighted by Gasteiger charge is 2.26. The van der Waals surface area contributed by atoms with Crippen molar-refractivity contribution in [3.8, 4) is 0 Å². The molecule has 0 aliphatic carbocycles. The lowest BCUT2D eigenvalue weighted by Gasteiger charge is -2.22. The average molecular weight is 232 g/mol. The van der Waals surface area contributed by atoms with Crippen LogP contribution < -0.4 is 11.1 Å².